The van der Waals surface area contributed by atoms with E-state index in [1.54, 1.807) is 0 Å². The summed E-state index contributed by atoms with van der Waals surface area (Å²) in [7, 11) is 0. The van der Waals surface area contributed by atoms with E-state index in [-0.39, 0.29) is 24.9 Å². The summed E-state index contributed by atoms with van der Waals surface area (Å²) in [4.78, 5) is 33.3. The van der Waals surface area contributed by atoms with Crippen molar-refractivity contribution in [3.63, 3.8) is 0 Å². The fourth-order valence-corrected chi connectivity index (χ4v) is 1.50. The lowest BCUT2D eigenvalue weighted by Crippen LogP contribution is -2.41. The summed E-state index contributed by atoms with van der Waals surface area (Å²) < 4.78 is 0. The maximum atomic E-state index is 11.5. The van der Waals surface area contributed by atoms with Gasteiger partial charge in [0.15, 0.2) is 0 Å². The van der Waals surface area contributed by atoms with Crippen LogP contribution in [0.15, 0.2) is 30.3 Å². The highest BCUT2D eigenvalue weighted by Gasteiger charge is 2.05. The lowest BCUT2D eigenvalue weighted by atomic mass is 10.1. The molecule has 0 aliphatic rings. The molecule has 0 atom stereocenters. The van der Waals surface area contributed by atoms with Crippen molar-refractivity contribution in [3.05, 3.63) is 35.9 Å². The summed E-state index contributed by atoms with van der Waals surface area (Å²) in [5, 5.41) is 7.48. The molecule has 0 saturated carbocycles. The number of carbonyl (C=O) groups excluding carboxylic acids is 3. The highest BCUT2D eigenvalue weighted by Crippen LogP contribution is 1.97. The summed E-state index contributed by atoms with van der Waals surface area (Å²) in [5.74, 6) is -0.928. The zero-order valence-corrected chi connectivity index (χ0v) is 11.4. The fourth-order valence-electron chi connectivity index (χ4n) is 1.50. The molecule has 0 aliphatic carbocycles. The molecule has 0 fully saturated rings. The number of nitrogens with one attached hydrogen (secondary N) is 3. The lowest BCUT2D eigenvalue weighted by Gasteiger charge is -2.07. The molecule has 108 valence electrons. The Labute approximate surface area is 117 Å². The zero-order chi connectivity index (χ0) is 14.8. The normalized spacial score (nSPS) is 9.65. The first-order valence-corrected chi connectivity index (χ1v) is 6.39. The highest BCUT2D eigenvalue weighted by atomic mass is 16.2. The van der Waals surface area contributed by atoms with Gasteiger partial charge in [-0.15, -0.1) is 0 Å². The Kier molecular flexibility index (Phi) is 6.81. The van der Waals surface area contributed by atoms with Crippen molar-refractivity contribution in [2.75, 3.05) is 19.6 Å². The Balaban J connectivity index is 2.11. The number of rotatable bonds is 7. The molecule has 0 aliphatic heterocycles. The minimum Gasteiger partial charge on any atom is -0.354 e. The van der Waals surface area contributed by atoms with Gasteiger partial charge in [0.2, 0.25) is 17.7 Å². The van der Waals surface area contributed by atoms with E-state index in [1.165, 1.54) is 6.92 Å². The molecule has 3 N–H and O–H groups in total. The number of hydrogen-bond donors (Lipinski definition) is 3. The summed E-state index contributed by atoms with van der Waals surface area (Å²) in [5.41, 5.74) is 1.14. The smallest absolute Gasteiger partial charge is 0.239 e. The molecule has 6 nitrogen and oxygen atoms in total. The van der Waals surface area contributed by atoms with Crippen LogP contribution in [-0.4, -0.2) is 37.4 Å². The molecule has 1 aromatic carbocycles. The number of amides is 3. The Morgan fingerprint density at radius 1 is 0.900 bits per heavy atom. The Bertz CT molecular complexity index is 460. The van der Waals surface area contributed by atoms with Crippen molar-refractivity contribution < 1.29 is 14.4 Å². The van der Waals surface area contributed by atoms with Gasteiger partial charge in [-0.3, -0.25) is 14.4 Å². The van der Waals surface area contributed by atoms with Gasteiger partial charge in [-0.05, 0) is 12.0 Å². The van der Waals surface area contributed by atoms with E-state index < -0.39 is 5.91 Å². The molecule has 1 aromatic rings. The van der Waals surface area contributed by atoms with Gasteiger partial charge in [0.1, 0.15) is 0 Å². The maximum Gasteiger partial charge on any atom is 0.239 e. The first-order valence-electron chi connectivity index (χ1n) is 6.39. The molecule has 0 radical (unpaired) electrons. The van der Waals surface area contributed by atoms with Crippen LogP contribution >= 0.6 is 0 Å². The average molecular weight is 277 g/mol. The second-order valence-corrected chi connectivity index (χ2v) is 4.27. The third-order valence-electron chi connectivity index (χ3n) is 2.52. The topological polar surface area (TPSA) is 87.3 Å². The van der Waals surface area contributed by atoms with E-state index in [1.807, 2.05) is 30.3 Å². The maximum absolute atomic E-state index is 11.5. The fraction of sp³-hybridized carbons (Fsp3) is 0.357. The third kappa shape index (κ3) is 7.15. The number of hydrogen-bond acceptors (Lipinski definition) is 3. The minimum atomic E-state index is -0.390. The van der Waals surface area contributed by atoms with Gasteiger partial charge in [0.25, 0.3) is 0 Å². The molecule has 0 bridgehead atoms. The van der Waals surface area contributed by atoms with Crippen molar-refractivity contribution in [1.82, 2.24) is 16.0 Å². The largest absolute Gasteiger partial charge is 0.354 e. The standard InChI is InChI=1S/C14H19N3O3/c1-11(18)16-9-14(20)17-10-13(19)15-8-7-12-5-3-2-4-6-12/h2-6H,7-10H2,1H3,(H,15,19)(H,16,18)(H,17,20). The van der Waals surface area contributed by atoms with Gasteiger partial charge < -0.3 is 16.0 Å². The monoisotopic (exact) mass is 277 g/mol. The Morgan fingerprint density at radius 2 is 1.50 bits per heavy atom. The van der Waals surface area contributed by atoms with Crippen LogP contribution in [0.1, 0.15) is 12.5 Å². The van der Waals surface area contributed by atoms with Crippen LogP contribution < -0.4 is 16.0 Å². The second-order valence-electron chi connectivity index (χ2n) is 4.27. The molecule has 0 heterocycles. The molecular formula is C14H19N3O3. The molecule has 0 saturated heterocycles. The summed E-state index contributed by atoms with van der Waals surface area (Å²) >= 11 is 0. The van der Waals surface area contributed by atoms with Crippen molar-refractivity contribution in [2.24, 2.45) is 0 Å². The van der Waals surface area contributed by atoms with Crippen molar-refractivity contribution >= 4 is 17.7 Å². The summed E-state index contributed by atoms with van der Waals surface area (Å²) in [6.45, 7) is 1.63. The summed E-state index contributed by atoms with van der Waals surface area (Å²) in [6, 6.07) is 9.80. The van der Waals surface area contributed by atoms with Crippen molar-refractivity contribution in [3.8, 4) is 0 Å². The average Bonchev–Trinajstić information content (AvgIpc) is 2.44. The second kappa shape index (κ2) is 8.68. The molecule has 20 heavy (non-hydrogen) atoms. The highest BCUT2D eigenvalue weighted by molar-refractivity contribution is 5.87. The van der Waals surface area contributed by atoms with Gasteiger partial charge in [-0.25, -0.2) is 0 Å². The first kappa shape index (κ1) is 15.7. The minimum absolute atomic E-state index is 0.0901. The van der Waals surface area contributed by atoms with Gasteiger partial charge in [-0.2, -0.15) is 0 Å². The van der Waals surface area contributed by atoms with E-state index in [9.17, 15) is 14.4 Å². The quantitative estimate of drug-likeness (QED) is 0.633. The van der Waals surface area contributed by atoms with Gasteiger partial charge >= 0.3 is 0 Å². The predicted octanol–water partition coefficient (Wildman–Crippen LogP) is -0.402. The van der Waals surface area contributed by atoms with Crippen LogP contribution in [0.2, 0.25) is 0 Å². The van der Waals surface area contributed by atoms with Gasteiger partial charge in [0, 0.05) is 13.5 Å². The van der Waals surface area contributed by atoms with E-state index >= 15 is 0 Å². The molecule has 6 heteroatoms. The Morgan fingerprint density at radius 3 is 2.15 bits per heavy atom. The Hall–Kier alpha value is -2.37. The molecule has 0 spiro atoms. The molecule has 0 aromatic heterocycles. The summed E-state index contributed by atoms with van der Waals surface area (Å²) in [6.07, 6.45) is 0.742. The van der Waals surface area contributed by atoms with E-state index in [2.05, 4.69) is 16.0 Å². The molecule has 3 amide bonds. The molecule has 1 rings (SSSR count). The van der Waals surface area contributed by atoms with Crippen LogP contribution in [0.25, 0.3) is 0 Å². The van der Waals surface area contributed by atoms with Crippen LogP contribution in [0, 0.1) is 0 Å². The SMILES string of the molecule is CC(=O)NCC(=O)NCC(=O)NCCc1ccccc1. The van der Waals surface area contributed by atoms with E-state index in [0.29, 0.717) is 6.54 Å². The van der Waals surface area contributed by atoms with E-state index in [0.717, 1.165) is 12.0 Å². The van der Waals surface area contributed by atoms with Crippen LogP contribution in [0.3, 0.4) is 0 Å². The predicted molar refractivity (Wildman–Crippen MR) is 74.8 cm³/mol. The third-order valence-corrected chi connectivity index (χ3v) is 2.52. The van der Waals surface area contributed by atoms with Gasteiger partial charge in [0.05, 0.1) is 13.1 Å². The van der Waals surface area contributed by atoms with Crippen LogP contribution in [0.4, 0.5) is 0 Å². The lowest BCUT2D eigenvalue weighted by molar-refractivity contribution is -0.127. The van der Waals surface area contributed by atoms with Crippen molar-refractivity contribution in [1.29, 1.82) is 0 Å². The van der Waals surface area contributed by atoms with Crippen LogP contribution in [-0.2, 0) is 20.8 Å². The van der Waals surface area contributed by atoms with Crippen LogP contribution in [0.5, 0.6) is 0 Å². The van der Waals surface area contributed by atoms with Gasteiger partial charge in [-0.1, -0.05) is 30.3 Å². The number of benzene rings is 1. The molecular weight excluding hydrogens is 258 g/mol. The first-order chi connectivity index (χ1) is 9.58. The number of carbonyl (C=O) groups is 3. The molecule has 0 unspecified atom stereocenters. The van der Waals surface area contributed by atoms with Crippen molar-refractivity contribution in [2.45, 2.75) is 13.3 Å². The zero-order valence-electron chi connectivity index (χ0n) is 11.4. The van der Waals surface area contributed by atoms with E-state index in [4.69, 9.17) is 0 Å².